The molecule has 0 radical (unpaired) electrons. The summed E-state index contributed by atoms with van der Waals surface area (Å²) in [7, 11) is 3.10. The van der Waals surface area contributed by atoms with Crippen molar-refractivity contribution < 1.29 is 19.0 Å². The number of carbonyl (C=O) groups excluding carboxylic acids is 1. The molecule has 3 aromatic rings. The molecule has 1 atom stereocenters. The van der Waals surface area contributed by atoms with Crippen LogP contribution in [0.2, 0.25) is 0 Å². The molecule has 176 valence electrons. The fourth-order valence-corrected chi connectivity index (χ4v) is 5.15. The lowest BCUT2D eigenvalue weighted by molar-refractivity contribution is -0.139. The molecule has 0 saturated heterocycles. The number of allylic oxidation sites excluding steroid dienone is 1. The Hall–Kier alpha value is -3.17. The van der Waals surface area contributed by atoms with Gasteiger partial charge in [-0.15, -0.1) is 0 Å². The van der Waals surface area contributed by atoms with Crippen LogP contribution in [-0.4, -0.2) is 31.4 Å². The van der Waals surface area contributed by atoms with E-state index in [1.165, 1.54) is 18.4 Å². The molecule has 9 heteroatoms. The van der Waals surface area contributed by atoms with Crippen LogP contribution in [0.1, 0.15) is 31.0 Å². The number of hydrogen-bond donors (Lipinski definition) is 0. The lowest BCUT2D eigenvalue weighted by Gasteiger charge is -2.26. The van der Waals surface area contributed by atoms with Gasteiger partial charge in [-0.3, -0.25) is 9.36 Å². The predicted octanol–water partition coefficient (Wildman–Crippen LogP) is 3.58. The van der Waals surface area contributed by atoms with Crippen LogP contribution in [0.25, 0.3) is 6.08 Å². The van der Waals surface area contributed by atoms with Crippen molar-refractivity contribution >= 4 is 39.3 Å². The van der Waals surface area contributed by atoms with Gasteiger partial charge in [0, 0.05) is 16.1 Å². The minimum absolute atomic E-state index is 0.204. The van der Waals surface area contributed by atoms with Gasteiger partial charge in [0.15, 0.2) is 4.80 Å². The Morgan fingerprint density at radius 2 is 1.91 bits per heavy atom. The molecule has 0 N–H and O–H groups in total. The third kappa shape index (κ3) is 4.45. The van der Waals surface area contributed by atoms with Gasteiger partial charge in [-0.2, -0.15) is 0 Å². The van der Waals surface area contributed by atoms with E-state index >= 15 is 0 Å². The molecule has 0 spiro atoms. The molecule has 1 aromatic heterocycles. The van der Waals surface area contributed by atoms with Crippen LogP contribution in [0.3, 0.4) is 0 Å². The number of benzene rings is 2. The van der Waals surface area contributed by atoms with Crippen molar-refractivity contribution in [3.8, 4) is 11.5 Å². The summed E-state index contributed by atoms with van der Waals surface area (Å²) in [6, 6.07) is 12.2. The van der Waals surface area contributed by atoms with Crippen molar-refractivity contribution in [1.29, 1.82) is 0 Å². The largest absolute Gasteiger partial charge is 0.497 e. The maximum Gasteiger partial charge on any atom is 0.338 e. The summed E-state index contributed by atoms with van der Waals surface area (Å²) in [5.74, 6) is 0.568. The van der Waals surface area contributed by atoms with Crippen molar-refractivity contribution in [3.05, 3.63) is 89.0 Å². The fourth-order valence-electron chi connectivity index (χ4n) is 3.84. The number of methoxy groups -OCH3 is 2. The fraction of sp³-hybridized carbons (Fsp3) is 0.240. The van der Waals surface area contributed by atoms with Gasteiger partial charge in [-0.25, -0.2) is 9.79 Å². The average molecular weight is 543 g/mol. The van der Waals surface area contributed by atoms with Gasteiger partial charge in [-0.05, 0) is 49.8 Å². The first kappa shape index (κ1) is 24.0. The highest BCUT2D eigenvalue weighted by molar-refractivity contribution is 9.10. The SMILES string of the molecule is CCOC(=O)C1=C(C)N=c2s/c(=C\c3ccc(Br)cc3)c(=O)n2C1c1ccc(OC)cc1OC. The van der Waals surface area contributed by atoms with Gasteiger partial charge in [0.2, 0.25) is 0 Å². The van der Waals surface area contributed by atoms with E-state index < -0.39 is 12.0 Å². The zero-order chi connectivity index (χ0) is 24.4. The Labute approximate surface area is 208 Å². The summed E-state index contributed by atoms with van der Waals surface area (Å²) in [6.07, 6.45) is 1.82. The van der Waals surface area contributed by atoms with E-state index in [9.17, 15) is 9.59 Å². The number of hydrogen-bond acceptors (Lipinski definition) is 7. The molecule has 34 heavy (non-hydrogen) atoms. The molecule has 0 aliphatic carbocycles. The minimum Gasteiger partial charge on any atom is -0.497 e. The standard InChI is InChI=1S/C25H23BrN2O5S/c1-5-33-24(30)21-14(2)27-25-28(22(21)18-11-10-17(31-3)13-19(18)32-4)23(29)20(34-25)12-15-6-8-16(26)9-7-15/h6-13,22H,5H2,1-4H3/b20-12-. The lowest BCUT2D eigenvalue weighted by Crippen LogP contribution is -2.40. The molecule has 2 aromatic carbocycles. The summed E-state index contributed by atoms with van der Waals surface area (Å²) in [5.41, 5.74) is 2.07. The van der Waals surface area contributed by atoms with E-state index in [4.69, 9.17) is 14.2 Å². The van der Waals surface area contributed by atoms with Crippen molar-refractivity contribution in [2.45, 2.75) is 19.9 Å². The smallest absolute Gasteiger partial charge is 0.338 e. The van der Waals surface area contributed by atoms with E-state index in [0.29, 0.717) is 37.7 Å². The van der Waals surface area contributed by atoms with E-state index in [2.05, 4.69) is 20.9 Å². The highest BCUT2D eigenvalue weighted by Gasteiger charge is 2.35. The van der Waals surface area contributed by atoms with Crippen LogP contribution < -0.4 is 24.4 Å². The van der Waals surface area contributed by atoms with E-state index in [-0.39, 0.29) is 12.2 Å². The first-order valence-electron chi connectivity index (χ1n) is 10.5. The summed E-state index contributed by atoms with van der Waals surface area (Å²) in [5, 5.41) is 0. The quantitative estimate of drug-likeness (QED) is 0.445. The summed E-state index contributed by atoms with van der Waals surface area (Å²) >= 11 is 4.70. The van der Waals surface area contributed by atoms with Crippen molar-refractivity contribution in [1.82, 2.24) is 4.57 Å². The van der Waals surface area contributed by atoms with Crippen LogP contribution in [0.4, 0.5) is 0 Å². The van der Waals surface area contributed by atoms with Crippen molar-refractivity contribution in [2.75, 3.05) is 20.8 Å². The molecule has 1 unspecified atom stereocenters. The van der Waals surface area contributed by atoms with Crippen LogP contribution >= 0.6 is 27.3 Å². The highest BCUT2D eigenvalue weighted by Crippen LogP contribution is 2.37. The van der Waals surface area contributed by atoms with E-state index in [1.807, 2.05) is 30.3 Å². The summed E-state index contributed by atoms with van der Waals surface area (Å²) in [4.78, 5) is 31.8. The molecule has 0 bridgehead atoms. The van der Waals surface area contributed by atoms with Crippen molar-refractivity contribution in [3.63, 3.8) is 0 Å². The Balaban J connectivity index is 1.99. The van der Waals surface area contributed by atoms with Crippen LogP contribution in [0.5, 0.6) is 11.5 Å². The number of thiazole rings is 1. The first-order valence-corrected chi connectivity index (χ1v) is 12.2. The van der Waals surface area contributed by atoms with Crippen LogP contribution in [0, 0.1) is 0 Å². The number of halogens is 1. The van der Waals surface area contributed by atoms with Crippen LogP contribution in [0.15, 0.2) is 68.0 Å². The van der Waals surface area contributed by atoms with E-state index in [1.54, 1.807) is 43.7 Å². The van der Waals surface area contributed by atoms with Crippen LogP contribution in [-0.2, 0) is 9.53 Å². The Kier molecular flexibility index (Phi) is 7.04. The molecule has 7 nitrogen and oxygen atoms in total. The number of fused-ring (bicyclic) bond motifs is 1. The predicted molar refractivity (Wildman–Crippen MR) is 134 cm³/mol. The topological polar surface area (TPSA) is 79.1 Å². The van der Waals surface area contributed by atoms with Gasteiger partial charge >= 0.3 is 5.97 Å². The molecule has 0 fully saturated rings. The normalized spacial score (nSPS) is 15.6. The first-order chi connectivity index (χ1) is 16.4. The molecule has 1 aliphatic heterocycles. The minimum atomic E-state index is -0.761. The molecular weight excluding hydrogens is 520 g/mol. The zero-order valence-electron chi connectivity index (χ0n) is 19.1. The second kappa shape index (κ2) is 9.99. The number of esters is 1. The van der Waals surface area contributed by atoms with Crippen molar-refractivity contribution in [2.24, 2.45) is 4.99 Å². The second-order valence-corrected chi connectivity index (χ2v) is 9.39. The van der Waals surface area contributed by atoms with Gasteiger partial charge in [0.1, 0.15) is 17.5 Å². The monoisotopic (exact) mass is 542 g/mol. The summed E-state index contributed by atoms with van der Waals surface area (Å²) in [6.45, 7) is 3.70. The molecule has 4 rings (SSSR count). The third-order valence-corrected chi connectivity index (χ3v) is 6.93. The average Bonchev–Trinajstić information content (AvgIpc) is 3.13. The maximum atomic E-state index is 13.7. The zero-order valence-corrected chi connectivity index (χ0v) is 21.5. The molecular formula is C25H23BrN2O5S. The van der Waals surface area contributed by atoms with Gasteiger partial charge in [0.25, 0.3) is 5.56 Å². The third-order valence-electron chi connectivity index (χ3n) is 5.42. The number of carbonyl (C=O) groups is 1. The maximum absolute atomic E-state index is 13.7. The Morgan fingerprint density at radius 1 is 1.18 bits per heavy atom. The van der Waals surface area contributed by atoms with Gasteiger partial charge < -0.3 is 14.2 Å². The molecule has 1 aliphatic rings. The molecule has 2 heterocycles. The van der Waals surface area contributed by atoms with E-state index in [0.717, 1.165) is 10.0 Å². The number of rotatable bonds is 6. The Bertz CT molecular complexity index is 1450. The van der Waals surface area contributed by atoms with Gasteiger partial charge in [0.05, 0.1) is 36.6 Å². The number of ether oxygens (including phenoxy) is 3. The Morgan fingerprint density at radius 3 is 2.56 bits per heavy atom. The number of aromatic nitrogens is 1. The molecule has 0 amide bonds. The number of nitrogens with zero attached hydrogens (tertiary/aromatic N) is 2. The highest BCUT2D eigenvalue weighted by atomic mass is 79.9. The second-order valence-electron chi connectivity index (χ2n) is 7.46. The lowest BCUT2D eigenvalue weighted by atomic mass is 9.95. The molecule has 0 saturated carbocycles. The van der Waals surface area contributed by atoms with Gasteiger partial charge in [-0.1, -0.05) is 39.4 Å². The summed E-state index contributed by atoms with van der Waals surface area (Å²) < 4.78 is 19.3.